The number of benzene rings is 1. The van der Waals surface area contributed by atoms with E-state index < -0.39 is 0 Å². The van der Waals surface area contributed by atoms with E-state index >= 15 is 0 Å². The molecule has 2 amide bonds. The zero-order chi connectivity index (χ0) is 14.5. The maximum absolute atomic E-state index is 13.6. The van der Waals surface area contributed by atoms with Crippen LogP contribution in [-0.2, 0) is 6.42 Å². The molecule has 1 heterocycles. The minimum absolute atomic E-state index is 0.0346. The Labute approximate surface area is 127 Å². The van der Waals surface area contributed by atoms with Crippen molar-refractivity contribution in [3.8, 4) is 0 Å². The first kappa shape index (κ1) is 15.3. The predicted octanol–water partition coefficient (Wildman–Crippen LogP) is 3.71. The number of carbonyl (C=O) groups is 1. The van der Waals surface area contributed by atoms with E-state index in [1.807, 2.05) is 4.90 Å². The molecule has 1 saturated heterocycles. The highest BCUT2D eigenvalue weighted by molar-refractivity contribution is 9.10. The highest BCUT2D eigenvalue weighted by Gasteiger charge is 2.22. The maximum Gasteiger partial charge on any atom is 0.317 e. The lowest BCUT2D eigenvalue weighted by atomic mass is 10.0. The second-order valence-corrected chi connectivity index (χ2v) is 6.17. The first-order valence-corrected chi connectivity index (χ1v) is 7.85. The molecular weight excluding hydrogens is 323 g/mol. The van der Waals surface area contributed by atoms with Crippen LogP contribution in [0.5, 0.6) is 0 Å². The molecule has 0 spiro atoms. The molecular formula is C15H20BrFN2O. The Morgan fingerprint density at radius 2 is 2.30 bits per heavy atom. The Morgan fingerprint density at radius 1 is 1.50 bits per heavy atom. The summed E-state index contributed by atoms with van der Waals surface area (Å²) < 4.78 is 14.4. The number of hydrogen-bond donors (Lipinski definition) is 1. The summed E-state index contributed by atoms with van der Waals surface area (Å²) in [4.78, 5) is 13.9. The highest BCUT2D eigenvalue weighted by Crippen LogP contribution is 2.17. The summed E-state index contributed by atoms with van der Waals surface area (Å²) in [5, 5.41) is 2.88. The molecule has 110 valence electrons. The number of piperidine rings is 1. The van der Waals surface area contributed by atoms with Gasteiger partial charge in [-0.1, -0.05) is 15.9 Å². The average molecular weight is 343 g/mol. The van der Waals surface area contributed by atoms with Crippen LogP contribution < -0.4 is 5.32 Å². The third-order valence-corrected chi connectivity index (χ3v) is 4.24. The van der Waals surface area contributed by atoms with Crippen LogP contribution >= 0.6 is 15.9 Å². The lowest BCUT2D eigenvalue weighted by molar-refractivity contribution is 0.158. The van der Waals surface area contributed by atoms with Gasteiger partial charge in [0.1, 0.15) is 5.82 Å². The van der Waals surface area contributed by atoms with Gasteiger partial charge in [-0.3, -0.25) is 0 Å². The molecule has 1 unspecified atom stereocenters. The van der Waals surface area contributed by atoms with E-state index in [1.54, 1.807) is 12.1 Å². The molecule has 1 aromatic rings. The van der Waals surface area contributed by atoms with Crippen molar-refractivity contribution in [2.24, 2.45) is 0 Å². The van der Waals surface area contributed by atoms with Crippen LogP contribution in [0, 0.1) is 5.82 Å². The minimum Gasteiger partial charge on any atom is -0.338 e. The fourth-order valence-corrected chi connectivity index (χ4v) is 2.95. The van der Waals surface area contributed by atoms with Crippen LogP contribution in [0.1, 0.15) is 31.7 Å². The Bertz CT molecular complexity index is 481. The zero-order valence-electron chi connectivity index (χ0n) is 11.7. The number of nitrogens with zero attached hydrogens (tertiary/aromatic N) is 1. The van der Waals surface area contributed by atoms with Gasteiger partial charge < -0.3 is 10.2 Å². The van der Waals surface area contributed by atoms with Crippen LogP contribution in [0.25, 0.3) is 0 Å². The van der Waals surface area contributed by atoms with Crippen molar-refractivity contribution in [2.45, 2.75) is 38.6 Å². The van der Waals surface area contributed by atoms with Gasteiger partial charge in [0.05, 0.1) is 0 Å². The Balaban J connectivity index is 1.83. The number of halogens is 2. The molecule has 0 bridgehead atoms. The predicted molar refractivity (Wildman–Crippen MR) is 81.2 cm³/mol. The molecule has 1 aliphatic heterocycles. The lowest BCUT2D eigenvalue weighted by Gasteiger charge is -2.33. The number of hydrogen-bond acceptors (Lipinski definition) is 1. The smallest absolute Gasteiger partial charge is 0.317 e. The lowest BCUT2D eigenvalue weighted by Crippen LogP contribution is -2.47. The van der Waals surface area contributed by atoms with Crippen LogP contribution in [0.15, 0.2) is 22.7 Å². The largest absolute Gasteiger partial charge is 0.338 e. The summed E-state index contributed by atoms with van der Waals surface area (Å²) in [5.74, 6) is -0.228. The van der Waals surface area contributed by atoms with Crippen molar-refractivity contribution in [1.29, 1.82) is 0 Å². The van der Waals surface area contributed by atoms with E-state index in [0.717, 1.165) is 23.9 Å². The molecule has 0 radical (unpaired) electrons. The molecule has 5 heteroatoms. The van der Waals surface area contributed by atoms with Crippen LogP contribution in [0.2, 0.25) is 0 Å². The first-order chi connectivity index (χ1) is 9.58. The monoisotopic (exact) mass is 342 g/mol. The third kappa shape index (κ3) is 3.95. The van der Waals surface area contributed by atoms with Crippen LogP contribution in [0.3, 0.4) is 0 Å². The highest BCUT2D eigenvalue weighted by atomic mass is 79.9. The van der Waals surface area contributed by atoms with Crippen molar-refractivity contribution < 1.29 is 9.18 Å². The SMILES string of the molecule is CC1CCCCN1C(=O)NCCc1cc(Br)ccc1F. The summed E-state index contributed by atoms with van der Waals surface area (Å²) in [7, 11) is 0. The molecule has 1 fully saturated rings. The normalized spacial score (nSPS) is 18.9. The minimum atomic E-state index is -0.228. The number of nitrogens with one attached hydrogen (secondary N) is 1. The first-order valence-electron chi connectivity index (χ1n) is 7.06. The van der Waals surface area contributed by atoms with Gasteiger partial charge in [0, 0.05) is 23.6 Å². The van der Waals surface area contributed by atoms with Gasteiger partial charge in [-0.2, -0.15) is 0 Å². The molecule has 1 N–H and O–H groups in total. The van der Waals surface area contributed by atoms with Gasteiger partial charge >= 0.3 is 6.03 Å². The van der Waals surface area contributed by atoms with Crippen molar-refractivity contribution in [2.75, 3.05) is 13.1 Å². The van der Waals surface area contributed by atoms with E-state index in [9.17, 15) is 9.18 Å². The Kier molecular flexibility index (Phi) is 5.40. The molecule has 1 aliphatic rings. The van der Waals surface area contributed by atoms with Crippen LogP contribution in [-0.4, -0.2) is 30.1 Å². The molecule has 1 atom stereocenters. The van der Waals surface area contributed by atoms with Gasteiger partial charge in [-0.15, -0.1) is 0 Å². The van der Waals surface area contributed by atoms with Gasteiger partial charge in [0.15, 0.2) is 0 Å². The number of likely N-dealkylation sites (tertiary alicyclic amines) is 1. The van der Waals surface area contributed by atoms with Crippen molar-refractivity contribution in [3.63, 3.8) is 0 Å². The number of amides is 2. The molecule has 3 nitrogen and oxygen atoms in total. The zero-order valence-corrected chi connectivity index (χ0v) is 13.2. The Hall–Kier alpha value is -1.10. The standard InChI is InChI=1S/C15H20BrFN2O/c1-11-4-2-3-9-19(11)15(20)18-8-7-12-10-13(16)5-6-14(12)17/h5-6,10-11H,2-4,7-9H2,1H3,(H,18,20). The number of rotatable bonds is 3. The summed E-state index contributed by atoms with van der Waals surface area (Å²) in [6.07, 6.45) is 3.82. The number of carbonyl (C=O) groups excluding carboxylic acids is 1. The van der Waals surface area contributed by atoms with E-state index in [1.165, 1.54) is 12.5 Å². The summed E-state index contributed by atoms with van der Waals surface area (Å²) in [6, 6.07) is 5.13. The van der Waals surface area contributed by atoms with Gasteiger partial charge in [0.25, 0.3) is 0 Å². The summed E-state index contributed by atoms with van der Waals surface area (Å²) >= 11 is 3.33. The van der Waals surface area contributed by atoms with Gasteiger partial charge in [-0.25, -0.2) is 9.18 Å². The van der Waals surface area contributed by atoms with Crippen LogP contribution in [0.4, 0.5) is 9.18 Å². The molecule has 0 aromatic heterocycles. The Morgan fingerprint density at radius 3 is 3.05 bits per heavy atom. The molecule has 2 rings (SSSR count). The molecule has 20 heavy (non-hydrogen) atoms. The molecule has 0 aliphatic carbocycles. The van der Waals surface area contributed by atoms with Crippen molar-refractivity contribution in [1.82, 2.24) is 10.2 Å². The quantitative estimate of drug-likeness (QED) is 0.892. The fraction of sp³-hybridized carbons (Fsp3) is 0.533. The van der Waals surface area contributed by atoms with Gasteiger partial charge in [-0.05, 0) is 56.4 Å². The van der Waals surface area contributed by atoms with E-state index in [4.69, 9.17) is 0 Å². The summed E-state index contributed by atoms with van der Waals surface area (Å²) in [5.41, 5.74) is 0.617. The fourth-order valence-electron chi connectivity index (χ4n) is 2.54. The maximum atomic E-state index is 13.6. The van der Waals surface area contributed by atoms with Crippen molar-refractivity contribution in [3.05, 3.63) is 34.1 Å². The number of urea groups is 1. The summed E-state index contributed by atoms with van der Waals surface area (Å²) in [6.45, 7) is 3.35. The average Bonchev–Trinajstić information content (AvgIpc) is 2.43. The topological polar surface area (TPSA) is 32.3 Å². The van der Waals surface area contributed by atoms with E-state index in [0.29, 0.717) is 24.6 Å². The van der Waals surface area contributed by atoms with Gasteiger partial charge in [0.2, 0.25) is 0 Å². The molecule has 0 saturated carbocycles. The molecule has 1 aromatic carbocycles. The second-order valence-electron chi connectivity index (χ2n) is 5.26. The van der Waals surface area contributed by atoms with E-state index in [-0.39, 0.29) is 11.8 Å². The van der Waals surface area contributed by atoms with E-state index in [2.05, 4.69) is 28.2 Å². The van der Waals surface area contributed by atoms with Crippen molar-refractivity contribution >= 4 is 22.0 Å². The third-order valence-electron chi connectivity index (χ3n) is 3.74. The second kappa shape index (κ2) is 7.07.